The molecule has 0 aliphatic rings. The zero-order chi connectivity index (χ0) is 38.7. The second kappa shape index (κ2) is 14.7. The van der Waals surface area contributed by atoms with Gasteiger partial charge in [0.2, 0.25) is 0 Å². The molecule has 0 aliphatic carbocycles. The average Bonchev–Trinajstić information content (AvgIpc) is 3.77. The quantitative estimate of drug-likeness (QED) is 0.123. The van der Waals surface area contributed by atoms with Gasteiger partial charge in [-0.3, -0.25) is 4.57 Å². The van der Waals surface area contributed by atoms with E-state index in [9.17, 15) is 0 Å². The summed E-state index contributed by atoms with van der Waals surface area (Å²) in [5, 5.41) is 2.22. The minimum Gasteiger partial charge on any atom is -0.510 e. The van der Waals surface area contributed by atoms with Crippen molar-refractivity contribution in [2.45, 2.75) is 78.6 Å². The van der Waals surface area contributed by atoms with Gasteiger partial charge in [0.05, 0.1) is 5.69 Å². The van der Waals surface area contributed by atoms with Gasteiger partial charge in [0.15, 0.2) is 0 Å². The molecule has 0 atom stereocenters. The van der Waals surface area contributed by atoms with Crippen molar-refractivity contribution in [3.05, 3.63) is 163 Å². The molecule has 8 aromatic rings. The van der Waals surface area contributed by atoms with Crippen LogP contribution >= 0.6 is 0 Å². The van der Waals surface area contributed by atoms with Gasteiger partial charge >= 0.3 is 0 Å². The van der Waals surface area contributed by atoms with E-state index in [-0.39, 0.29) is 37.3 Å². The van der Waals surface area contributed by atoms with Crippen LogP contribution in [-0.4, -0.2) is 14.1 Å². The van der Waals surface area contributed by atoms with Crippen molar-refractivity contribution in [2.24, 2.45) is 0 Å². The maximum absolute atomic E-state index is 6.53. The largest absolute Gasteiger partial charge is 0.510 e. The summed E-state index contributed by atoms with van der Waals surface area (Å²) < 4.78 is 12.7. The van der Waals surface area contributed by atoms with Crippen molar-refractivity contribution in [3.63, 3.8) is 0 Å². The summed E-state index contributed by atoms with van der Waals surface area (Å²) in [7, 11) is 0. The van der Waals surface area contributed by atoms with Gasteiger partial charge in [-0.2, -0.15) is 18.2 Å². The summed E-state index contributed by atoms with van der Waals surface area (Å²) in [6.07, 6.45) is 9.47. The molecule has 8 rings (SSSR count). The van der Waals surface area contributed by atoms with E-state index < -0.39 is 0 Å². The maximum atomic E-state index is 6.53. The van der Waals surface area contributed by atoms with Crippen LogP contribution < -0.4 is 9.30 Å². The normalized spacial score (nSPS) is 12.2. The van der Waals surface area contributed by atoms with Gasteiger partial charge in [0.25, 0.3) is 6.33 Å². The van der Waals surface area contributed by atoms with E-state index in [4.69, 9.17) is 9.72 Å². The number of rotatable bonds is 6. The van der Waals surface area contributed by atoms with E-state index in [2.05, 4.69) is 169 Å². The van der Waals surface area contributed by atoms with Crippen LogP contribution in [0.3, 0.4) is 0 Å². The first-order valence-electron chi connectivity index (χ1n) is 19.0. The van der Waals surface area contributed by atoms with Crippen molar-refractivity contribution in [3.8, 4) is 39.8 Å². The van der Waals surface area contributed by atoms with Crippen molar-refractivity contribution < 1.29 is 30.4 Å². The monoisotopic (exact) mass is 915 g/mol. The molecule has 6 heteroatoms. The Kier molecular flexibility index (Phi) is 10.2. The molecule has 0 spiro atoms. The number of hydrogen-bond acceptors (Lipinski definition) is 2. The van der Waals surface area contributed by atoms with Gasteiger partial charge in [0.1, 0.15) is 5.82 Å². The van der Waals surface area contributed by atoms with Crippen LogP contribution in [0.15, 0.2) is 128 Å². The second-order valence-corrected chi connectivity index (χ2v) is 17.6. The van der Waals surface area contributed by atoms with E-state index in [1.165, 1.54) is 22.3 Å². The molecule has 56 heavy (non-hydrogen) atoms. The predicted octanol–water partition coefficient (Wildman–Crippen LogP) is 12.0. The average molecular weight is 916 g/mol. The van der Waals surface area contributed by atoms with Crippen LogP contribution in [0.2, 0.25) is 0 Å². The second-order valence-electron chi connectivity index (χ2n) is 17.6. The van der Waals surface area contributed by atoms with Crippen molar-refractivity contribution in [1.29, 1.82) is 0 Å². The molecule has 0 aliphatic heterocycles. The number of nitrogens with zero attached hydrogens (tertiary/aromatic N) is 4. The fourth-order valence-electron chi connectivity index (χ4n) is 7.00. The number of imidazole rings is 1. The third-order valence-corrected chi connectivity index (χ3v) is 10.3. The Bertz CT molecular complexity index is 2650. The molecule has 3 heterocycles. The molecule has 0 bridgehead atoms. The Morgan fingerprint density at radius 3 is 2.00 bits per heavy atom. The third-order valence-electron chi connectivity index (χ3n) is 10.3. The summed E-state index contributed by atoms with van der Waals surface area (Å²) in [6.45, 7) is 20.2. The predicted molar refractivity (Wildman–Crippen MR) is 224 cm³/mol. The molecule has 5 nitrogen and oxygen atoms in total. The van der Waals surface area contributed by atoms with Gasteiger partial charge in [0, 0.05) is 56.7 Å². The minimum atomic E-state index is -0.0297. The fraction of sp³-hybridized carbons (Fsp3) is 0.240. The van der Waals surface area contributed by atoms with Crippen molar-refractivity contribution >= 4 is 21.8 Å². The molecular weight excluding hydrogens is 868 g/mol. The Morgan fingerprint density at radius 1 is 0.607 bits per heavy atom. The van der Waals surface area contributed by atoms with Crippen molar-refractivity contribution in [1.82, 2.24) is 14.1 Å². The molecule has 0 saturated carbocycles. The summed E-state index contributed by atoms with van der Waals surface area (Å²) in [4.78, 5) is 4.88. The molecule has 0 fully saturated rings. The SMILES string of the molecule is CC(C)(C)c1cc(-[n+]2[c-]n(-c3[c-]c(Oc4[c-]c5c(cc4)c4cc(-c6ccccc6)ccc4n5-c4cc(C(C)(C)C)ccn4)ccc3)cc2)cc(C(C)(C)C)c1.[Pt]. The molecule has 286 valence electrons. The fourth-order valence-corrected chi connectivity index (χ4v) is 7.00. The van der Waals surface area contributed by atoms with Crippen molar-refractivity contribution in [2.75, 3.05) is 0 Å². The molecule has 0 radical (unpaired) electrons. The number of pyridine rings is 1. The van der Waals surface area contributed by atoms with Crippen LogP contribution in [0.5, 0.6) is 11.5 Å². The summed E-state index contributed by atoms with van der Waals surface area (Å²) in [6, 6.07) is 45.5. The van der Waals surface area contributed by atoms with Crippen LogP contribution in [0.1, 0.15) is 79.0 Å². The summed E-state index contributed by atoms with van der Waals surface area (Å²) in [5.74, 6) is 2.04. The van der Waals surface area contributed by atoms with Gasteiger partial charge in [-0.15, -0.1) is 29.7 Å². The minimum absolute atomic E-state index is 0. The van der Waals surface area contributed by atoms with Gasteiger partial charge in [-0.05, 0) is 85.5 Å². The number of ether oxygens (including phenoxy) is 1. The number of hydrogen-bond donors (Lipinski definition) is 0. The first-order valence-corrected chi connectivity index (χ1v) is 19.0. The van der Waals surface area contributed by atoms with E-state index in [0.29, 0.717) is 11.5 Å². The Morgan fingerprint density at radius 2 is 1.30 bits per heavy atom. The zero-order valence-electron chi connectivity index (χ0n) is 33.6. The van der Waals surface area contributed by atoms with Gasteiger partial charge in [-0.25, -0.2) is 4.98 Å². The zero-order valence-corrected chi connectivity index (χ0v) is 35.9. The first-order chi connectivity index (χ1) is 26.1. The first kappa shape index (κ1) is 39.0. The Labute approximate surface area is 345 Å². The Hall–Kier alpha value is -5.25. The molecule has 3 aromatic heterocycles. The van der Waals surface area contributed by atoms with Crippen LogP contribution in [0, 0.1) is 18.5 Å². The van der Waals surface area contributed by atoms with Crippen LogP contribution in [0.25, 0.3) is 50.1 Å². The molecule has 0 saturated heterocycles. The van der Waals surface area contributed by atoms with Crippen LogP contribution in [-0.2, 0) is 37.3 Å². The summed E-state index contributed by atoms with van der Waals surface area (Å²) >= 11 is 0. The number of benzene rings is 5. The third kappa shape index (κ3) is 7.75. The van der Waals surface area contributed by atoms with E-state index in [1.807, 2.05) is 53.5 Å². The number of fused-ring (bicyclic) bond motifs is 3. The molecule has 0 unspecified atom stereocenters. The maximum Gasteiger partial charge on any atom is 0.267 e. The Balaban J connectivity index is 0.00000480. The van der Waals surface area contributed by atoms with Crippen LogP contribution in [0.4, 0.5) is 0 Å². The smallest absolute Gasteiger partial charge is 0.267 e. The molecular formula is C50H48N4OPt-2. The standard InChI is InChI=1S/C50H48N4O.Pt/c1-48(2,3)36-22-23-51-47(30-36)54-45-21-18-35(34-14-11-10-12-15-34)26-44(45)43-20-19-42(32-46(43)54)55-41-17-13-16-39(31-41)52-24-25-53(33-52)40-28-37(49(4,5)6)27-38(29-40)50(7,8)9;/h10-30H,1-9H3;/q-2;. The topological polar surface area (TPSA) is 35.9 Å². The van der Waals surface area contributed by atoms with Gasteiger partial charge in [-0.1, -0.05) is 116 Å². The molecule has 5 aromatic carbocycles. The molecule has 0 amide bonds. The van der Waals surface area contributed by atoms with E-state index in [1.54, 1.807) is 0 Å². The summed E-state index contributed by atoms with van der Waals surface area (Å²) in [5.41, 5.74) is 10.0. The van der Waals surface area contributed by atoms with E-state index >= 15 is 0 Å². The number of aromatic nitrogens is 4. The van der Waals surface area contributed by atoms with E-state index in [0.717, 1.165) is 44.6 Å². The molecule has 0 N–H and O–H groups in total. The van der Waals surface area contributed by atoms with Gasteiger partial charge < -0.3 is 13.9 Å².